The first-order chi connectivity index (χ1) is 14.3. The van der Waals surface area contributed by atoms with Gasteiger partial charge >= 0.3 is 0 Å². The molecule has 0 amide bonds. The Morgan fingerprint density at radius 1 is 0.871 bits per heavy atom. The predicted octanol–water partition coefficient (Wildman–Crippen LogP) is 6.15. The fraction of sp³-hybridized carbons (Fsp3) is 0.680. The van der Waals surface area contributed by atoms with Crippen molar-refractivity contribution in [3.63, 3.8) is 0 Å². The van der Waals surface area contributed by atoms with E-state index in [1.54, 1.807) is 14.2 Å². The minimum Gasteiger partial charge on any atom is -0.543 e. The number of hydrogen-bond donors (Lipinski definition) is 0. The lowest BCUT2D eigenvalue weighted by Crippen LogP contribution is -2.43. The number of ether oxygens (including phenoxy) is 4. The largest absolute Gasteiger partial charge is 0.543 e. The van der Waals surface area contributed by atoms with Crippen molar-refractivity contribution in [2.24, 2.45) is 5.41 Å². The number of benzene rings is 1. The normalized spacial score (nSPS) is 13.7. The molecule has 1 aromatic rings. The van der Waals surface area contributed by atoms with Crippen LogP contribution in [0, 0.1) is 5.41 Å². The molecule has 31 heavy (non-hydrogen) atoms. The van der Waals surface area contributed by atoms with Crippen molar-refractivity contribution in [3.8, 4) is 5.75 Å². The van der Waals surface area contributed by atoms with Crippen molar-refractivity contribution in [1.29, 1.82) is 0 Å². The van der Waals surface area contributed by atoms with Crippen molar-refractivity contribution in [2.75, 3.05) is 47.3 Å². The molecule has 0 unspecified atom stereocenters. The van der Waals surface area contributed by atoms with E-state index in [2.05, 4.69) is 66.8 Å². The molecular formula is C25H44O5Si. The van der Waals surface area contributed by atoms with Crippen LogP contribution in [0.15, 0.2) is 29.8 Å². The molecule has 0 aromatic heterocycles. The Balaban J connectivity index is 3.06. The van der Waals surface area contributed by atoms with E-state index < -0.39 is 8.32 Å². The highest BCUT2D eigenvalue weighted by molar-refractivity contribution is 6.74. The van der Waals surface area contributed by atoms with E-state index in [1.165, 1.54) is 0 Å². The molecule has 0 bridgehead atoms. The molecule has 1 aromatic carbocycles. The standard InChI is InChI=1S/C25H44O5Si/c1-24(2,3)22(19-29-17-16-28-15-14-26-7)23(27-8)20-12-11-13-21(18-20)30-31(9,10)25(4,5)6/h11-13,18H,14-17,19H2,1-10H3. The highest BCUT2D eigenvalue weighted by Crippen LogP contribution is 2.39. The van der Waals surface area contributed by atoms with Crippen LogP contribution in [0.1, 0.15) is 47.1 Å². The molecule has 0 radical (unpaired) electrons. The second-order valence-corrected chi connectivity index (χ2v) is 15.0. The van der Waals surface area contributed by atoms with Gasteiger partial charge in [-0.2, -0.15) is 0 Å². The van der Waals surface area contributed by atoms with Gasteiger partial charge in [-0.15, -0.1) is 0 Å². The summed E-state index contributed by atoms with van der Waals surface area (Å²) in [7, 11) is 1.46. The quantitative estimate of drug-likeness (QED) is 0.216. The second kappa shape index (κ2) is 12.0. The van der Waals surface area contributed by atoms with E-state index >= 15 is 0 Å². The smallest absolute Gasteiger partial charge is 0.250 e. The first-order valence-electron chi connectivity index (χ1n) is 11.0. The first-order valence-corrected chi connectivity index (χ1v) is 14.0. The van der Waals surface area contributed by atoms with Crippen LogP contribution in [0.3, 0.4) is 0 Å². The van der Waals surface area contributed by atoms with Gasteiger partial charge < -0.3 is 23.4 Å². The molecule has 0 N–H and O–H groups in total. The highest BCUT2D eigenvalue weighted by Gasteiger charge is 2.39. The van der Waals surface area contributed by atoms with Gasteiger partial charge in [0.2, 0.25) is 8.32 Å². The zero-order valence-electron chi connectivity index (χ0n) is 21.4. The van der Waals surface area contributed by atoms with E-state index in [9.17, 15) is 0 Å². The zero-order valence-corrected chi connectivity index (χ0v) is 22.4. The number of hydrogen-bond acceptors (Lipinski definition) is 5. The Hall–Kier alpha value is -1.34. The van der Waals surface area contributed by atoms with Crippen LogP contribution >= 0.6 is 0 Å². The van der Waals surface area contributed by atoms with Gasteiger partial charge in [-0.1, -0.05) is 53.7 Å². The lowest BCUT2D eigenvalue weighted by molar-refractivity contribution is 0.0278. The Kier molecular flexibility index (Phi) is 10.8. The molecule has 0 spiro atoms. The molecule has 0 atom stereocenters. The lowest BCUT2D eigenvalue weighted by atomic mass is 9.84. The minimum absolute atomic E-state index is 0.113. The van der Waals surface area contributed by atoms with Crippen LogP contribution in [0.4, 0.5) is 0 Å². The fourth-order valence-corrected chi connectivity index (χ4v) is 3.75. The lowest BCUT2D eigenvalue weighted by Gasteiger charge is -2.36. The van der Waals surface area contributed by atoms with Crippen molar-refractivity contribution in [1.82, 2.24) is 0 Å². The summed E-state index contributed by atoms with van der Waals surface area (Å²) in [4.78, 5) is 0. The van der Waals surface area contributed by atoms with Gasteiger partial charge in [0, 0.05) is 18.2 Å². The van der Waals surface area contributed by atoms with Gasteiger partial charge in [0.15, 0.2) is 0 Å². The number of methoxy groups -OCH3 is 2. The van der Waals surface area contributed by atoms with Crippen LogP contribution in [-0.2, 0) is 18.9 Å². The maximum absolute atomic E-state index is 6.51. The zero-order chi connectivity index (χ0) is 23.7. The summed E-state index contributed by atoms with van der Waals surface area (Å²) in [5.74, 6) is 1.73. The minimum atomic E-state index is -1.92. The molecular weight excluding hydrogens is 408 g/mol. The molecule has 0 aliphatic carbocycles. The topological polar surface area (TPSA) is 46.2 Å². The number of rotatable bonds is 12. The summed E-state index contributed by atoms with van der Waals surface area (Å²) in [5, 5.41) is 0.138. The van der Waals surface area contributed by atoms with Gasteiger partial charge in [0.25, 0.3) is 0 Å². The summed E-state index contributed by atoms with van der Waals surface area (Å²) in [5.41, 5.74) is 2.00. The summed E-state index contributed by atoms with van der Waals surface area (Å²) in [6.07, 6.45) is 0. The Morgan fingerprint density at radius 3 is 2.03 bits per heavy atom. The van der Waals surface area contributed by atoms with E-state index in [1.807, 2.05) is 12.1 Å². The van der Waals surface area contributed by atoms with Gasteiger partial charge in [0.1, 0.15) is 11.5 Å². The van der Waals surface area contributed by atoms with Gasteiger partial charge in [0.05, 0.1) is 40.1 Å². The third-order valence-electron chi connectivity index (χ3n) is 5.71. The Bertz CT molecular complexity index is 699. The average Bonchev–Trinajstić information content (AvgIpc) is 2.64. The van der Waals surface area contributed by atoms with Crippen molar-refractivity contribution in [3.05, 3.63) is 35.4 Å². The summed E-state index contributed by atoms with van der Waals surface area (Å²) < 4.78 is 28.8. The molecule has 0 saturated heterocycles. The molecule has 0 fully saturated rings. The molecule has 0 saturated carbocycles. The molecule has 6 heteroatoms. The SMILES string of the molecule is COCCOCCOCC(=C(OC)c1cccc(O[Si](C)(C)C(C)(C)C)c1)C(C)(C)C. The molecule has 178 valence electrons. The molecule has 0 aliphatic heterocycles. The molecule has 0 aliphatic rings. The maximum Gasteiger partial charge on any atom is 0.250 e. The van der Waals surface area contributed by atoms with Crippen LogP contribution < -0.4 is 4.43 Å². The molecule has 1 rings (SSSR count). The third-order valence-corrected chi connectivity index (χ3v) is 10.1. The fourth-order valence-electron chi connectivity index (χ4n) is 2.72. The average molecular weight is 453 g/mol. The third kappa shape index (κ3) is 8.97. The van der Waals surface area contributed by atoms with E-state index in [0.717, 1.165) is 22.6 Å². The van der Waals surface area contributed by atoms with E-state index in [-0.39, 0.29) is 10.5 Å². The van der Waals surface area contributed by atoms with Crippen LogP contribution in [0.25, 0.3) is 5.76 Å². The van der Waals surface area contributed by atoms with Gasteiger partial charge in [-0.25, -0.2) is 0 Å². The van der Waals surface area contributed by atoms with Crippen molar-refractivity contribution in [2.45, 2.75) is 59.7 Å². The Labute approximate surface area is 191 Å². The van der Waals surface area contributed by atoms with Gasteiger partial charge in [-0.05, 0) is 35.7 Å². The molecule has 0 heterocycles. The monoisotopic (exact) mass is 452 g/mol. The maximum atomic E-state index is 6.51. The molecule has 5 nitrogen and oxygen atoms in total. The predicted molar refractivity (Wildman–Crippen MR) is 131 cm³/mol. The summed E-state index contributed by atoms with van der Waals surface area (Å²) >= 11 is 0. The Morgan fingerprint density at radius 2 is 1.48 bits per heavy atom. The van der Waals surface area contributed by atoms with Crippen LogP contribution in [0.5, 0.6) is 5.75 Å². The summed E-state index contributed by atoms with van der Waals surface area (Å²) in [6, 6.07) is 8.21. The van der Waals surface area contributed by atoms with Crippen molar-refractivity contribution >= 4 is 14.1 Å². The van der Waals surface area contributed by atoms with Gasteiger partial charge in [-0.3, -0.25) is 0 Å². The van der Waals surface area contributed by atoms with E-state index in [0.29, 0.717) is 33.0 Å². The van der Waals surface area contributed by atoms with E-state index in [4.69, 9.17) is 23.4 Å². The summed E-state index contributed by atoms with van der Waals surface area (Å²) in [6.45, 7) is 20.5. The highest BCUT2D eigenvalue weighted by atomic mass is 28.4. The van der Waals surface area contributed by atoms with Crippen molar-refractivity contribution < 1.29 is 23.4 Å². The van der Waals surface area contributed by atoms with Crippen LogP contribution in [0.2, 0.25) is 18.1 Å². The second-order valence-electron chi connectivity index (χ2n) is 10.3. The van der Waals surface area contributed by atoms with Crippen LogP contribution in [-0.4, -0.2) is 55.6 Å². The first kappa shape index (κ1) is 27.7.